The summed E-state index contributed by atoms with van der Waals surface area (Å²) in [7, 11) is 0. The molecule has 0 unspecified atom stereocenters. The van der Waals surface area contributed by atoms with Crippen molar-refractivity contribution in [2.45, 2.75) is 25.3 Å². The van der Waals surface area contributed by atoms with Crippen molar-refractivity contribution in [3.05, 3.63) is 24.3 Å². The fourth-order valence-electron chi connectivity index (χ4n) is 1.61. The van der Waals surface area contributed by atoms with Crippen LogP contribution in [0.15, 0.2) is 18.6 Å². The molecule has 3 heteroatoms. The highest BCUT2D eigenvalue weighted by Gasteiger charge is 2.14. The van der Waals surface area contributed by atoms with Gasteiger partial charge in [0.25, 0.3) is 0 Å². The van der Waals surface area contributed by atoms with Crippen LogP contribution in [0.3, 0.4) is 0 Å². The molecule has 0 saturated carbocycles. The van der Waals surface area contributed by atoms with Crippen molar-refractivity contribution in [2.75, 3.05) is 6.54 Å². The first-order valence-corrected chi connectivity index (χ1v) is 4.46. The molecule has 0 bridgehead atoms. The van der Waals surface area contributed by atoms with Gasteiger partial charge in [-0.1, -0.05) is 6.42 Å². The Labute approximate surface area is 72.2 Å². The van der Waals surface area contributed by atoms with E-state index in [9.17, 15) is 0 Å². The van der Waals surface area contributed by atoms with Crippen LogP contribution in [0.1, 0.15) is 31.0 Å². The van der Waals surface area contributed by atoms with E-state index in [0.29, 0.717) is 6.04 Å². The van der Waals surface area contributed by atoms with Gasteiger partial charge in [0.15, 0.2) is 0 Å². The van der Waals surface area contributed by atoms with Gasteiger partial charge in [-0.05, 0) is 25.5 Å². The Morgan fingerprint density at radius 2 is 2.42 bits per heavy atom. The average molecular weight is 163 g/mol. The Morgan fingerprint density at radius 3 is 3.08 bits per heavy atom. The molecule has 64 valence electrons. The molecule has 1 aliphatic heterocycles. The SMILES string of the molecule is c1cc([C@@H]2CCCCN2)ncn1. The predicted molar refractivity (Wildman–Crippen MR) is 46.6 cm³/mol. The number of hydrogen-bond acceptors (Lipinski definition) is 3. The Morgan fingerprint density at radius 1 is 1.42 bits per heavy atom. The van der Waals surface area contributed by atoms with Crippen molar-refractivity contribution in [3.8, 4) is 0 Å². The predicted octanol–water partition coefficient (Wildman–Crippen LogP) is 1.29. The van der Waals surface area contributed by atoms with Crippen LogP contribution in [-0.4, -0.2) is 16.5 Å². The maximum Gasteiger partial charge on any atom is 0.115 e. The van der Waals surface area contributed by atoms with Gasteiger partial charge in [0, 0.05) is 12.2 Å². The van der Waals surface area contributed by atoms with Crippen LogP contribution < -0.4 is 5.32 Å². The van der Waals surface area contributed by atoms with Gasteiger partial charge in [0.1, 0.15) is 6.33 Å². The molecule has 3 nitrogen and oxygen atoms in total. The number of rotatable bonds is 1. The summed E-state index contributed by atoms with van der Waals surface area (Å²) in [6.45, 7) is 1.12. The van der Waals surface area contributed by atoms with Crippen LogP contribution >= 0.6 is 0 Å². The zero-order valence-electron chi connectivity index (χ0n) is 7.03. The third-order valence-electron chi connectivity index (χ3n) is 2.27. The third kappa shape index (κ3) is 1.61. The van der Waals surface area contributed by atoms with E-state index in [-0.39, 0.29) is 0 Å². The molecule has 12 heavy (non-hydrogen) atoms. The first kappa shape index (κ1) is 7.68. The summed E-state index contributed by atoms with van der Waals surface area (Å²) in [6, 6.07) is 2.45. The molecule has 1 atom stereocenters. The number of hydrogen-bond donors (Lipinski definition) is 1. The summed E-state index contributed by atoms with van der Waals surface area (Å²) in [5.41, 5.74) is 1.13. The summed E-state index contributed by atoms with van der Waals surface area (Å²) in [6.07, 6.45) is 7.23. The lowest BCUT2D eigenvalue weighted by Crippen LogP contribution is -2.27. The summed E-state index contributed by atoms with van der Waals surface area (Å²) < 4.78 is 0. The second-order valence-electron chi connectivity index (χ2n) is 3.14. The zero-order chi connectivity index (χ0) is 8.23. The second kappa shape index (κ2) is 3.63. The van der Waals surface area contributed by atoms with E-state index < -0.39 is 0 Å². The van der Waals surface area contributed by atoms with E-state index in [1.54, 1.807) is 12.5 Å². The highest BCUT2D eigenvalue weighted by atomic mass is 15.0. The largest absolute Gasteiger partial charge is 0.309 e. The average Bonchev–Trinajstić information content (AvgIpc) is 2.21. The third-order valence-corrected chi connectivity index (χ3v) is 2.27. The molecular formula is C9H13N3. The van der Waals surface area contributed by atoms with Crippen LogP contribution in [0.5, 0.6) is 0 Å². The normalized spacial score (nSPS) is 23.8. The molecule has 0 aliphatic carbocycles. The summed E-state index contributed by atoms with van der Waals surface area (Å²) in [5, 5.41) is 3.45. The van der Waals surface area contributed by atoms with E-state index in [1.807, 2.05) is 6.07 Å². The highest BCUT2D eigenvalue weighted by Crippen LogP contribution is 2.19. The van der Waals surface area contributed by atoms with Gasteiger partial charge >= 0.3 is 0 Å². The Bertz CT molecular complexity index is 229. The Hall–Kier alpha value is -0.960. The van der Waals surface area contributed by atoms with Gasteiger partial charge in [0.2, 0.25) is 0 Å². The van der Waals surface area contributed by atoms with Crippen molar-refractivity contribution < 1.29 is 0 Å². The molecule has 1 fully saturated rings. The summed E-state index contributed by atoms with van der Waals surface area (Å²) >= 11 is 0. The number of nitrogens with one attached hydrogen (secondary N) is 1. The van der Waals surface area contributed by atoms with Crippen LogP contribution in [0.2, 0.25) is 0 Å². The molecule has 2 heterocycles. The lowest BCUT2D eigenvalue weighted by Gasteiger charge is -2.22. The quantitative estimate of drug-likeness (QED) is 0.678. The van der Waals surface area contributed by atoms with Crippen LogP contribution in [-0.2, 0) is 0 Å². The molecule has 1 aromatic heterocycles. The monoisotopic (exact) mass is 163 g/mol. The molecule has 0 amide bonds. The van der Waals surface area contributed by atoms with E-state index >= 15 is 0 Å². The smallest absolute Gasteiger partial charge is 0.115 e. The van der Waals surface area contributed by atoms with Gasteiger partial charge in [-0.3, -0.25) is 0 Å². The molecule has 1 N–H and O–H groups in total. The highest BCUT2D eigenvalue weighted by molar-refractivity contribution is 5.05. The Balaban J connectivity index is 2.08. The lowest BCUT2D eigenvalue weighted by molar-refractivity contribution is 0.405. The fraction of sp³-hybridized carbons (Fsp3) is 0.556. The van der Waals surface area contributed by atoms with E-state index in [2.05, 4.69) is 15.3 Å². The molecule has 1 aliphatic rings. The summed E-state index contributed by atoms with van der Waals surface area (Å²) in [4.78, 5) is 8.13. The van der Waals surface area contributed by atoms with Gasteiger partial charge in [-0.2, -0.15) is 0 Å². The maximum absolute atomic E-state index is 4.23. The molecule has 1 saturated heterocycles. The van der Waals surface area contributed by atoms with E-state index in [4.69, 9.17) is 0 Å². The lowest BCUT2D eigenvalue weighted by atomic mass is 10.0. The van der Waals surface area contributed by atoms with Crippen LogP contribution in [0.4, 0.5) is 0 Å². The van der Waals surface area contributed by atoms with Crippen molar-refractivity contribution >= 4 is 0 Å². The van der Waals surface area contributed by atoms with Crippen molar-refractivity contribution in [2.24, 2.45) is 0 Å². The van der Waals surface area contributed by atoms with Crippen LogP contribution in [0.25, 0.3) is 0 Å². The zero-order valence-corrected chi connectivity index (χ0v) is 7.03. The number of piperidine rings is 1. The molecule has 0 aromatic carbocycles. The van der Waals surface area contributed by atoms with Crippen molar-refractivity contribution in [3.63, 3.8) is 0 Å². The standard InChI is InChI=1S/C9H13N3/c1-2-5-11-8(3-1)9-4-6-10-7-12-9/h4,6-8,11H,1-3,5H2/t8-/m0/s1. The first-order chi connectivity index (χ1) is 5.97. The summed E-state index contributed by atoms with van der Waals surface area (Å²) in [5.74, 6) is 0. The van der Waals surface area contributed by atoms with Gasteiger partial charge in [-0.15, -0.1) is 0 Å². The maximum atomic E-state index is 4.23. The van der Waals surface area contributed by atoms with Crippen molar-refractivity contribution in [1.29, 1.82) is 0 Å². The first-order valence-electron chi connectivity index (χ1n) is 4.46. The molecule has 0 radical (unpaired) electrons. The van der Waals surface area contributed by atoms with Crippen molar-refractivity contribution in [1.82, 2.24) is 15.3 Å². The molecule has 0 spiro atoms. The van der Waals surface area contributed by atoms with E-state index in [0.717, 1.165) is 12.2 Å². The molecule has 2 rings (SSSR count). The topological polar surface area (TPSA) is 37.8 Å². The van der Waals surface area contributed by atoms with E-state index in [1.165, 1.54) is 19.3 Å². The van der Waals surface area contributed by atoms with Gasteiger partial charge in [-0.25, -0.2) is 9.97 Å². The van der Waals surface area contributed by atoms with Gasteiger partial charge < -0.3 is 5.32 Å². The Kier molecular flexibility index (Phi) is 2.32. The second-order valence-corrected chi connectivity index (χ2v) is 3.14. The number of nitrogens with zero attached hydrogens (tertiary/aromatic N) is 2. The molecular weight excluding hydrogens is 150 g/mol. The van der Waals surface area contributed by atoms with Crippen LogP contribution in [0, 0.1) is 0 Å². The van der Waals surface area contributed by atoms with Gasteiger partial charge in [0.05, 0.1) is 5.69 Å². The minimum atomic E-state index is 0.460. The minimum Gasteiger partial charge on any atom is -0.309 e. The molecule has 1 aromatic rings. The fourth-order valence-corrected chi connectivity index (χ4v) is 1.61. The number of aromatic nitrogens is 2. The minimum absolute atomic E-state index is 0.460.